The number of imidazole rings is 1. The number of likely N-dealkylation sites (tertiary alicyclic amines) is 1. The maximum absolute atomic E-state index is 12.7. The van der Waals surface area contributed by atoms with Gasteiger partial charge in [0.25, 0.3) is 0 Å². The van der Waals surface area contributed by atoms with Crippen molar-refractivity contribution in [3.8, 4) is 39.5 Å². The quantitative estimate of drug-likeness (QED) is 0.226. The lowest BCUT2D eigenvalue weighted by Gasteiger charge is -2.32. The van der Waals surface area contributed by atoms with Gasteiger partial charge >= 0.3 is 5.69 Å². The summed E-state index contributed by atoms with van der Waals surface area (Å²) in [6.07, 6.45) is 3.87. The van der Waals surface area contributed by atoms with Crippen LogP contribution < -0.4 is 10.4 Å². The van der Waals surface area contributed by atoms with Crippen molar-refractivity contribution in [3.05, 3.63) is 125 Å². The SMILES string of the molecule is COc1ccc2nc(-c3ccc(CN4CCC(n5cc(-c6ccccc6)[nH]c5=O)CC4)cc3)c(-c3ccccc3)nc2c1. The van der Waals surface area contributed by atoms with E-state index in [-0.39, 0.29) is 11.7 Å². The van der Waals surface area contributed by atoms with E-state index in [0.29, 0.717) is 0 Å². The van der Waals surface area contributed by atoms with Crippen LogP contribution in [0.1, 0.15) is 24.4 Å². The zero-order valence-corrected chi connectivity index (χ0v) is 24.1. The maximum Gasteiger partial charge on any atom is 0.326 e. The van der Waals surface area contributed by atoms with Crippen molar-refractivity contribution < 1.29 is 4.74 Å². The number of aromatic nitrogens is 4. The van der Waals surface area contributed by atoms with Crippen molar-refractivity contribution in [1.29, 1.82) is 0 Å². The fourth-order valence-electron chi connectivity index (χ4n) is 5.99. The Morgan fingerprint density at radius 2 is 1.40 bits per heavy atom. The van der Waals surface area contributed by atoms with E-state index in [2.05, 4.69) is 46.3 Å². The van der Waals surface area contributed by atoms with Crippen LogP contribution in [0.3, 0.4) is 0 Å². The molecule has 214 valence electrons. The minimum Gasteiger partial charge on any atom is -0.497 e. The molecular formula is C36H33N5O2. The van der Waals surface area contributed by atoms with E-state index >= 15 is 0 Å². The summed E-state index contributed by atoms with van der Waals surface area (Å²) in [5.41, 5.74) is 8.55. The molecule has 1 aliphatic rings. The predicted molar refractivity (Wildman–Crippen MR) is 171 cm³/mol. The highest BCUT2D eigenvalue weighted by Gasteiger charge is 2.23. The Hall–Kier alpha value is -5.01. The largest absolute Gasteiger partial charge is 0.497 e. The highest BCUT2D eigenvalue weighted by atomic mass is 16.5. The lowest BCUT2D eigenvalue weighted by molar-refractivity contribution is 0.178. The van der Waals surface area contributed by atoms with Crippen LogP contribution in [0.25, 0.3) is 44.8 Å². The standard InChI is InChI=1S/C36H33N5O2/c1-43-30-16-17-31-32(22-30)38-34(27-10-6-3-7-11-27)35(37-31)28-14-12-25(13-15-28)23-40-20-18-29(19-21-40)41-24-33(39-36(41)42)26-8-4-2-5-9-26/h2-17,22,24,29H,18-21,23H2,1H3,(H,39,42). The molecule has 7 nitrogen and oxygen atoms in total. The van der Waals surface area contributed by atoms with Gasteiger partial charge in [-0.2, -0.15) is 0 Å². The highest BCUT2D eigenvalue weighted by molar-refractivity contribution is 5.86. The van der Waals surface area contributed by atoms with Crippen LogP contribution in [0, 0.1) is 0 Å². The third-order valence-corrected chi connectivity index (χ3v) is 8.33. The number of hydrogen-bond donors (Lipinski definition) is 1. The molecule has 7 rings (SSSR count). The van der Waals surface area contributed by atoms with Gasteiger partial charge in [0.15, 0.2) is 0 Å². The van der Waals surface area contributed by atoms with Gasteiger partial charge in [0.1, 0.15) is 5.75 Å². The van der Waals surface area contributed by atoms with Gasteiger partial charge in [-0.3, -0.25) is 9.47 Å². The third kappa shape index (κ3) is 5.59. The average Bonchev–Trinajstić information content (AvgIpc) is 3.47. The van der Waals surface area contributed by atoms with Gasteiger partial charge in [0.2, 0.25) is 0 Å². The molecule has 1 N–H and O–H groups in total. The summed E-state index contributed by atoms with van der Waals surface area (Å²) in [4.78, 5) is 28.3. The first-order valence-electron chi connectivity index (χ1n) is 14.7. The molecule has 6 aromatic rings. The first-order valence-corrected chi connectivity index (χ1v) is 14.7. The van der Waals surface area contributed by atoms with Crippen molar-refractivity contribution in [2.45, 2.75) is 25.4 Å². The zero-order chi connectivity index (χ0) is 29.2. The number of rotatable bonds is 7. The summed E-state index contributed by atoms with van der Waals surface area (Å²) in [6.45, 7) is 2.77. The van der Waals surface area contributed by atoms with Crippen molar-refractivity contribution in [1.82, 2.24) is 24.4 Å². The molecular weight excluding hydrogens is 534 g/mol. The molecule has 7 heteroatoms. The Balaban J connectivity index is 1.07. The van der Waals surface area contributed by atoms with Gasteiger partial charge in [-0.1, -0.05) is 84.9 Å². The fraction of sp³-hybridized carbons (Fsp3) is 0.194. The normalized spacial score (nSPS) is 14.3. The van der Waals surface area contributed by atoms with Gasteiger partial charge < -0.3 is 9.72 Å². The van der Waals surface area contributed by atoms with Gasteiger partial charge in [0, 0.05) is 49.1 Å². The molecule has 1 saturated heterocycles. The minimum atomic E-state index is -0.0290. The Kier molecular flexibility index (Phi) is 7.31. The first kappa shape index (κ1) is 26.9. The summed E-state index contributed by atoms with van der Waals surface area (Å²) >= 11 is 0. The van der Waals surface area contributed by atoms with Gasteiger partial charge in [-0.25, -0.2) is 14.8 Å². The van der Waals surface area contributed by atoms with Crippen LogP contribution in [0.5, 0.6) is 5.75 Å². The zero-order valence-electron chi connectivity index (χ0n) is 24.1. The van der Waals surface area contributed by atoms with Crippen LogP contribution >= 0.6 is 0 Å². The van der Waals surface area contributed by atoms with Crippen molar-refractivity contribution in [2.24, 2.45) is 0 Å². The van der Waals surface area contributed by atoms with Crippen LogP contribution in [-0.2, 0) is 6.54 Å². The second kappa shape index (κ2) is 11.7. The van der Waals surface area contributed by atoms with Gasteiger partial charge in [0.05, 0.1) is 35.2 Å². The molecule has 0 amide bonds. The van der Waals surface area contributed by atoms with E-state index in [9.17, 15) is 4.79 Å². The number of nitrogens with one attached hydrogen (secondary N) is 1. The van der Waals surface area contributed by atoms with Crippen molar-refractivity contribution >= 4 is 11.0 Å². The van der Waals surface area contributed by atoms with Crippen molar-refractivity contribution in [2.75, 3.05) is 20.2 Å². The third-order valence-electron chi connectivity index (χ3n) is 8.33. The van der Waals surface area contributed by atoms with Gasteiger partial charge in [-0.05, 0) is 36.1 Å². The number of nitrogens with zero attached hydrogens (tertiary/aromatic N) is 4. The number of H-pyrrole nitrogens is 1. The van der Waals surface area contributed by atoms with Crippen LogP contribution in [0.2, 0.25) is 0 Å². The summed E-state index contributed by atoms with van der Waals surface area (Å²) in [6, 6.07) is 34.9. The van der Waals surface area contributed by atoms with Crippen LogP contribution in [0.15, 0.2) is 114 Å². The smallest absolute Gasteiger partial charge is 0.326 e. The number of ether oxygens (including phenoxy) is 1. The average molecular weight is 568 g/mol. The predicted octanol–water partition coefficient (Wildman–Crippen LogP) is 6.97. The Labute approximate surface area is 250 Å². The highest BCUT2D eigenvalue weighted by Crippen LogP contribution is 2.32. The molecule has 0 radical (unpaired) electrons. The topological polar surface area (TPSA) is 76.0 Å². The van der Waals surface area contributed by atoms with Gasteiger partial charge in [-0.15, -0.1) is 0 Å². The molecule has 2 aromatic heterocycles. The maximum atomic E-state index is 12.7. The second-order valence-corrected chi connectivity index (χ2v) is 11.1. The summed E-state index contributed by atoms with van der Waals surface area (Å²) < 4.78 is 7.31. The lowest BCUT2D eigenvalue weighted by atomic mass is 10.0. The molecule has 0 bridgehead atoms. The molecule has 4 aromatic carbocycles. The molecule has 1 fully saturated rings. The number of piperidine rings is 1. The number of methoxy groups -OCH3 is 1. The molecule has 1 aliphatic heterocycles. The van der Waals surface area contributed by atoms with E-state index in [0.717, 1.165) is 83.0 Å². The first-order chi connectivity index (χ1) is 21.1. The van der Waals surface area contributed by atoms with E-state index in [1.54, 1.807) is 7.11 Å². The minimum absolute atomic E-state index is 0.0290. The molecule has 0 aliphatic carbocycles. The lowest BCUT2D eigenvalue weighted by Crippen LogP contribution is -2.36. The Bertz CT molecular complexity index is 1910. The summed E-state index contributed by atoms with van der Waals surface area (Å²) in [5.74, 6) is 0.763. The molecule has 0 saturated carbocycles. The molecule has 0 spiro atoms. The van der Waals surface area contributed by atoms with E-state index < -0.39 is 0 Å². The Morgan fingerprint density at radius 3 is 2.07 bits per heavy atom. The second-order valence-electron chi connectivity index (χ2n) is 11.1. The number of benzene rings is 4. The monoisotopic (exact) mass is 567 g/mol. The van der Waals surface area contributed by atoms with E-state index in [1.807, 2.05) is 77.5 Å². The summed E-state index contributed by atoms with van der Waals surface area (Å²) in [5, 5.41) is 0. The molecule has 0 unspecified atom stereocenters. The fourth-order valence-corrected chi connectivity index (χ4v) is 5.99. The number of aromatic amines is 1. The molecule has 3 heterocycles. The van der Waals surface area contributed by atoms with Crippen LogP contribution in [-0.4, -0.2) is 44.6 Å². The molecule has 43 heavy (non-hydrogen) atoms. The van der Waals surface area contributed by atoms with Crippen molar-refractivity contribution in [3.63, 3.8) is 0 Å². The van der Waals surface area contributed by atoms with E-state index in [1.165, 1.54) is 5.56 Å². The number of hydrogen-bond acceptors (Lipinski definition) is 5. The molecule has 0 atom stereocenters. The van der Waals surface area contributed by atoms with Crippen LogP contribution in [0.4, 0.5) is 0 Å². The number of fused-ring (bicyclic) bond motifs is 1. The summed E-state index contributed by atoms with van der Waals surface area (Å²) in [7, 11) is 1.66. The van der Waals surface area contributed by atoms with E-state index in [4.69, 9.17) is 14.7 Å². The Morgan fingerprint density at radius 1 is 0.767 bits per heavy atom.